The monoisotopic (exact) mass is 519 g/mol. The number of methoxy groups -OCH3 is 1. The Morgan fingerprint density at radius 1 is 1.03 bits per heavy atom. The second kappa shape index (κ2) is 10.6. The summed E-state index contributed by atoms with van der Waals surface area (Å²) in [5, 5.41) is 13.7. The highest BCUT2D eigenvalue weighted by atomic mass is 16.5. The molecule has 0 bridgehead atoms. The van der Waals surface area contributed by atoms with Gasteiger partial charge in [0.05, 0.1) is 23.7 Å². The van der Waals surface area contributed by atoms with Crippen LogP contribution in [0.2, 0.25) is 0 Å². The summed E-state index contributed by atoms with van der Waals surface area (Å²) in [6.45, 7) is 3.01. The first-order valence-electron chi connectivity index (χ1n) is 13.0. The van der Waals surface area contributed by atoms with Crippen molar-refractivity contribution in [2.24, 2.45) is 0 Å². The lowest BCUT2D eigenvalue weighted by Gasteiger charge is -2.17. The van der Waals surface area contributed by atoms with Gasteiger partial charge in [0, 0.05) is 29.6 Å². The topological polar surface area (TPSA) is 103 Å². The third-order valence-corrected chi connectivity index (χ3v) is 7.13. The van der Waals surface area contributed by atoms with Gasteiger partial charge in [0.1, 0.15) is 11.6 Å². The average Bonchev–Trinajstić information content (AvgIpc) is 3.64. The van der Waals surface area contributed by atoms with Gasteiger partial charge in [0.15, 0.2) is 0 Å². The molecule has 1 fully saturated rings. The molecule has 6 rings (SSSR count). The Morgan fingerprint density at radius 3 is 2.72 bits per heavy atom. The molecule has 0 unspecified atom stereocenters. The summed E-state index contributed by atoms with van der Waals surface area (Å²) in [5.74, 6) is 0.897. The number of anilines is 1. The number of likely N-dealkylation sites (tertiary alicyclic amines) is 1. The second-order valence-electron chi connectivity index (χ2n) is 9.70. The van der Waals surface area contributed by atoms with Crippen LogP contribution in [0.25, 0.3) is 33.5 Å². The van der Waals surface area contributed by atoms with Crippen LogP contribution in [0.5, 0.6) is 11.6 Å². The number of benzene rings is 3. The number of hydrogen-bond donors (Lipinski definition) is 3. The minimum absolute atomic E-state index is 0.0910. The summed E-state index contributed by atoms with van der Waals surface area (Å²) < 4.78 is 5.40. The molecular weight excluding hydrogens is 490 g/mol. The number of carbonyl (C=O) groups is 1. The molecule has 0 spiro atoms. The van der Waals surface area contributed by atoms with Gasteiger partial charge in [-0.15, -0.1) is 0 Å². The maximum Gasteiger partial charge on any atom is 0.255 e. The van der Waals surface area contributed by atoms with Gasteiger partial charge >= 0.3 is 0 Å². The van der Waals surface area contributed by atoms with E-state index in [4.69, 9.17) is 9.72 Å². The van der Waals surface area contributed by atoms with Gasteiger partial charge in [-0.2, -0.15) is 0 Å². The number of imidazole rings is 1. The van der Waals surface area contributed by atoms with Gasteiger partial charge in [-0.25, -0.2) is 9.97 Å². The van der Waals surface area contributed by atoms with Gasteiger partial charge in [-0.05, 0) is 85.6 Å². The van der Waals surface area contributed by atoms with Gasteiger partial charge in [-0.1, -0.05) is 24.3 Å². The lowest BCUT2D eigenvalue weighted by molar-refractivity contribution is 0.102. The molecule has 196 valence electrons. The van der Waals surface area contributed by atoms with Gasteiger partial charge in [-0.3, -0.25) is 9.69 Å². The number of para-hydroxylation sites is 1. The number of amides is 1. The fraction of sp³-hybridized carbons (Fsp3) is 0.194. The largest absolute Gasteiger partial charge is 0.507 e. The second-order valence-corrected chi connectivity index (χ2v) is 9.70. The SMILES string of the molecule is COc1ncccc1-c1ccc(O)c(-c2nc3cc(C(=O)Nc4ccccc4CN4CCCC4)ccc3[nH]2)c1. The molecule has 0 aliphatic carbocycles. The number of H-pyrrole nitrogens is 1. The number of carbonyl (C=O) groups excluding carboxylic acids is 1. The van der Waals surface area contributed by atoms with Gasteiger partial charge in [0.25, 0.3) is 5.91 Å². The zero-order valence-corrected chi connectivity index (χ0v) is 21.6. The van der Waals surface area contributed by atoms with E-state index in [1.165, 1.54) is 12.8 Å². The van der Waals surface area contributed by atoms with E-state index in [0.29, 0.717) is 28.3 Å². The maximum atomic E-state index is 13.2. The van der Waals surface area contributed by atoms with Crippen molar-refractivity contribution >= 4 is 22.6 Å². The van der Waals surface area contributed by atoms with Crippen LogP contribution >= 0.6 is 0 Å². The Bertz CT molecular complexity index is 1660. The lowest BCUT2D eigenvalue weighted by Crippen LogP contribution is -2.20. The number of phenols is 1. The maximum absolute atomic E-state index is 13.2. The van der Waals surface area contributed by atoms with E-state index in [0.717, 1.165) is 47.5 Å². The highest BCUT2D eigenvalue weighted by molar-refractivity contribution is 6.06. The number of nitrogens with one attached hydrogen (secondary N) is 2. The molecule has 0 radical (unpaired) electrons. The van der Waals surface area contributed by atoms with Crippen LogP contribution in [-0.4, -0.2) is 51.1 Å². The van der Waals surface area contributed by atoms with Crippen molar-refractivity contribution in [3.8, 4) is 34.1 Å². The minimum atomic E-state index is -0.191. The standard InChI is InChI=1S/C31H29N5O3/c1-39-31-23(8-6-14-32-31)20-11-13-28(37)24(17-20)29-33-26-12-10-21(18-27(26)34-29)30(38)35-25-9-3-2-7-22(25)19-36-15-4-5-16-36/h2-3,6-14,17-18,37H,4-5,15-16,19H2,1H3,(H,33,34)(H,35,38). The average molecular weight is 520 g/mol. The fourth-order valence-corrected chi connectivity index (χ4v) is 5.10. The molecule has 2 aromatic heterocycles. The van der Waals surface area contributed by atoms with Gasteiger partial charge < -0.3 is 20.1 Å². The Hall–Kier alpha value is -4.69. The predicted molar refractivity (Wildman–Crippen MR) is 152 cm³/mol. The molecule has 1 aliphatic heterocycles. The van der Waals surface area contributed by atoms with Crippen molar-refractivity contribution in [1.82, 2.24) is 19.9 Å². The number of phenolic OH excluding ortho intramolecular Hbond substituents is 1. The van der Waals surface area contributed by atoms with Crippen LogP contribution < -0.4 is 10.1 Å². The van der Waals surface area contributed by atoms with Crippen molar-refractivity contribution in [3.05, 3.63) is 90.1 Å². The number of aromatic nitrogens is 3. The molecular formula is C31H29N5O3. The summed E-state index contributed by atoms with van der Waals surface area (Å²) in [7, 11) is 1.58. The Kier molecular flexibility index (Phi) is 6.69. The number of ether oxygens (including phenoxy) is 1. The third-order valence-electron chi connectivity index (χ3n) is 7.13. The number of hydrogen-bond acceptors (Lipinski definition) is 6. The first-order chi connectivity index (χ1) is 19.1. The number of aromatic amines is 1. The zero-order valence-electron chi connectivity index (χ0n) is 21.6. The smallest absolute Gasteiger partial charge is 0.255 e. The van der Waals surface area contributed by atoms with Crippen LogP contribution in [0, 0.1) is 0 Å². The van der Waals surface area contributed by atoms with Crippen LogP contribution in [-0.2, 0) is 6.54 Å². The fourth-order valence-electron chi connectivity index (χ4n) is 5.10. The molecule has 0 saturated carbocycles. The number of fused-ring (bicyclic) bond motifs is 1. The summed E-state index contributed by atoms with van der Waals surface area (Å²) in [6.07, 6.45) is 4.11. The molecule has 3 aromatic carbocycles. The summed E-state index contributed by atoms with van der Waals surface area (Å²) >= 11 is 0. The molecule has 8 heteroatoms. The molecule has 0 atom stereocenters. The quantitative estimate of drug-likeness (QED) is 0.249. The highest BCUT2D eigenvalue weighted by Gasteiger charge is 2.17. The van der Waals surface area contributed by atoms with Crippen molar-refractivity contribution in [2.75, 3.05) is 25.5 Å². The Morgan fingerprint density at radius 2 is 1.87 bits per heavy atom. The lowest BCUT2D eigenvalue weighted by atomic mass is 10.0. The van der Waals surface area contributed by atoms with Crippen LogP contribution in [0.4, 0.5) is 5.69 Å². The van der Waals surface area contributed by atoms with E-state index in [-0.39, 0.29) is 11.7 Å². The number of aromatic hydroxyl groups is 1. The molecule has 5 aromatic rings. The molecule has 1 saturated heterocycles. The third kappa shape index (κ3) is 5.06. The summed E-state index contributed by atoms with van der Waals surface area (Å²) in [5.41, 5.74) is 6.01. The Balaban J connectivity index is 1.27. The van der Waals surface area contributed by atoms with Crippen LogP contribution in [0.1, 0.15) is 28.8 Å². The molecule has 1 aliphatic rings. The minimum Gasteiger partial charge on any atom is -0.507 e. The highest BCUT2D eigenvalue weighted by Crippen LogP contribution is 2.35. The first kappa shape index (κ1) is 24.6. The van der Waals surface area contributed by atoms with E-state index < -0.39 is 0 Å². The molecule has 8 nitrogen and oxygen atoms in total. The van der Waals surface area contributed by atoms with Crippen molar-refractivity contribution in [2.45, 2.75) is 19.4 Å². The van der Waals surface area contributed by atoms with E-state index >= 15 is 0 Å². The zero-order chi connectivity index (χ0) is 26.8. The summed E-state index contributed by atoms with van der Waals surface area (Å²) in [6, 6.07) is 22.4. The predicted octanol–water partition coefficient (Wildman–Crippen LogP) is 5.85. The molecule has 3 heterocycles. The van der Waals surface area contributed by atoms with Crippen LogP contribution in [0.3, 0.4) is 0 Å². The van der Waals surface area contributed by atoms with Crippen molar-refractivity contribution in [1.29, 1.82) is 0 Å². The number of pyridine rings is 1. The van der Waals surface area contributed by atoms with Crippen molar-refractivity contribution in [3.63, 3.8) is 0 Å². The normalized spacial score (nSPS) is 13.6. The number of rotatable bonds is 7. The van der Waals surface area contributed by atoms with Gasteiger partial charge in [0.2, 0.25) is 5.88 Å². The van der Waals surface area contributed by atoms with E-state index in [9.17, 15) is 9.90 Å². The Labute approximate surface area is 226 Å². The number of nitrogens with zero attached hydrogens (tertiary/aromatic N) is 3. The van der Waals surface area contributed by atoms with Crippen molar-refractivity contribution < 1.29 is 14.6 Å². The molecule has 39 heavy (non-hydrogen) atoms. The molecule has 3 N–H and O–H groups in total. The summed E-state index contributed by atoms with van der Waals surface area (Å²) in [4.78, 5) is 27.9. The molecule has 1 amide bonds. The van der Waals surface area contributed by atoms with E-state index in [1.807, 2.05) is 48.5 Å². The first-order valence-corrected chi connectivity index (χ1v) is 13.0. The van der Waals surface area contributed by atoms with Crippen LogP contribution in [0.15, 0.2) is 79.0 Å². The van der Waals surface area contributed by atoms with E-state index in [1.54, 1.807) is 31.5 Å². The van der Waals surface area contributed by atoms with E-state index in [2.05, 4.69) is 26.3 Å².